The molecule has 0 amide bonds. The van der Waals surface area contributed by atoms with E-state index in [-0.39, 0.29) is 0 Å². The fourth-order valence-corrected chi connectivity index (χ4v) is 6.70. The van der Waals surface area contributed by atoms with E-state index in [4.69, 9.17) is 14.4 Å². The molecule has 204 valence electrons. The van der Waals surface area contributed by atoms with Crippen molar-refractivity contribution in [3.63, 3.8) is 0 Å². The zero-order chi connectivity index (χ0) is 28.8. The fraction of sp³-hybridized carbons (Fsp3) is 0. The molecule has 5 aromatic carbocycles. The van der Waals surface area contributed by atoms with Crippen molar-refractivity contribution in [3.8, 4) is 22.4 Å². The number of furan rings is 1. The summed E-state index contributed by atoms with van der Waals surface area (Å²) >= 11 is 0. The molecule has 0 saturated heterocycles. The number of pyridine rings is 3. The average Bonchev–Trinajstić information content (AvgIpc) is 3.67. The van der Waals surface area contributed by atoms with E-state index in [0.717, 1.165) is 93.7 Å². The van der Waals surface area contributed by atoms with Gasteiger partial charge in [0.1, 0.15) is 16.7 Å². The molecule has 0 atom stereocenters. The molecule has 5 heterocycles. The Morgan fingerprint density at radius 2 is 1.30 bits per heavy atom. The minimum Gasteiger partial charge on any atom is -0.454 e. The summed E-state index contributed by atoms with van der Waals surface area (Å²) in [4.78, 5) is 14.7. The number of para-hydroxylation sites is 2. The van der Waals surface area contributed by atoms with Gasteiger partial charge in [0.25, 0.3) is 0 Å². The summed E-state index contributed by atoms with van der Waals surface area (Å²) in [6.45, 7) is 0. The van der Waals surface area contributed by atoms with Crippen molar-refractivity contribution >= 4 is 71.3 Å². The van der Waals surface area contributed by atoms with Crippen molar-refractivity contribution in [2.24, 2.45) is 0 Å². The Morgan fingerprint density at radius 3 is 2.20 bits per heavy atom. The van der Waals surface area contributed by atoms with Gasteiger partial charge in [-0.25, -0.2) is 9.97 Å². The minimum absolute atomic E-state index is 0.858. The molecule has 0 unspecified atom stereocenters. The highest BCUT2D eigenvalue weighted by Gasteiger charge is 2.19. The van der Waals surface area contributed by atoms with Crippen LogP contribution < -0.4 is 0 Å². The maximum Gasteiger partial charge on any atom is 0.160 e. The third-order valence-electron chi connectivity index (χ3n) is 8.80. The second-order valence-electron chi connectivity index (χ2n) is 11.3. The zero-order valence-corrected chi connectivity index (χ0v) is 23.4. The van der Waals surface area contributed by atoms with Crippen LogP contribution in [0.15, 0.2) is 138 Å². The van der Waals surface area contributed by atoms with Crippen molar-refractivity contribution < 1.29 is 4.42 Å². The number of fused-ring (bicyclic) bond motifs is 13. The van der Waals surface area contributed by atoms with E-state index in [9.17, 15) is 0 Å². The van der Waals surface area contributed by atoms with E-state index in [1.807, 2.05) is 18.3 Å². The Morgan fingerprint density at radius 1 is 0.545 bits per heavy atom. The summed E-state index contributed by atoms with van der Waals surface area (Å²) < 4.78 is 8.82. The first-order chi connectivity index (χ1) is 21.8. The van der Waals surface area contributed by atoms with Gasteiger partial charge in [-0.3, -0.25) is 9.38 Å². The lowest BCUT2D eigenvalue weighted by molar-refractivity contribution is 0.672. The zero-order valence-electron chi connectivity index (χ0n) is 23.4. The highest BCUT2D eigenvalue weighted by molar-refractivity contribution is 6.19. The number of imidazole rings is 1. The molecule has 0 radical (unpaired) electrons. The van der Waals surface area contributed by atoms with Gasteiger partial charge in [0.2, 0.25) is 0 Å². The van der Waals surface area contributed by atoms with Gasteiger partial charge in [-0.05, 0) is 47.5 Å². The molecule has 0 bridgehead atoms. The standard InChI is InChI=1S/C39H22N4O/c1-2-8-29-28(7-1)38-37(43-33-10-4-3-9-32(33)42-39(29)43)30-22-27(18-20-34(30)44-38)23-11-13-24(14-12-23)31-19-17-26-16-15-25-6-5-21-40-35(25)36(26)41-31/h1-22H. The normalized spacial score (nSPS) is 12.1. The van der Waals surface area contributed by atoms with Crippen LogP contribution in [0.25, 0.3) is 93.7 Å². The summed E-state index contributed by atoms with van der Waals surface area (Å²) in [6, 6.07) is 44.2. The van der Waals surface area contributed by atoms with Crippen molar-refractivity contribution in [1.29, 1.82) is 0 Å². The molecule has 0 saturated carbocycles. The fourth-order valence-electron chi connectivity index (χ4n) is 6.70. The smallest absolute Gasteiger partial charge is 0.160 e. The van der Waals surface area contributed by atoms with Crippen molar-refractivity contribution in [2.75, 3.05) is 0 Å². The summed E-state index contributed by atoms with van der Waals surface area (Å²) in [5, 5.41) is 5.40. The van der Waals surface area contributed by atoms with Crippen LogP contribution in [-0.2, 0) is 0 Å². The maximum absolute atomic E-state index is 6.56. The van der Waals surface area contributed by atoms with Gasteiger partial charge >= 0.3 is 0 Å². The van der Waals surface area contributed by atoms with Crippen LogP contribution in [0.3, 0.4) is 0 Å². The highest BCUT2D eigenvalue weighted by atomic mass is 16.3. The predicted octanol–water partition coefficient (Wildman–Crippen LogP) is 9.97. The monoisotopic (exact) mass is 562 g/mol. The molecule has 0 aliphatic carbocycles. The molecule has 44 heavy (non-hydrogen) atoms. The molecule has 0 aliphatic heterocycles. The number of nitrogens with zero attached hydrogens (tertiary/aromatic N) is 4. The van der Waals surface area contributed by atoms with E-state index in [1.54, 1.807) is 0 Å². The topological polar surface area (TPSA) is 56.2 Å². The molecule has 0 spiro atoms. The van der Waals surface area contributed by atoms with Gasteiger partial charge in [-0.2, -0.15) is 0 Å². The van der Waals surface area contributed by atoms with E-state index in [1.165, 1.54) is 0 Å². The first kappa shape index (κ1) is 23.5. The third-order valence-corrected chi connectivity index (χ3v) is 8.80. The summed E-state index contributed by atoms with van der Waals surface area (Å²) in [5.74, 6) is 0. The number of benzene rings is 5. The second-order valence-corrected chi connectivity index (χ2v) is 11.3. The van der Waals surface area contributed by atoms with Gasteiger partial charge in [-0.1, -0.05) is 91.0 Å². The van der Waals surface area contributed by atoms with Crippen molar-refractivity contribution in [3.05, 3.63) is 134 Å². The van der Waals surface area contributed by atoms with Crippen LogP contribution in [0.5, 0.6) is 0 Å². The van der Waals surface area contributed by atoms with Gasteiger partial charge in [0.05, 0.1) is 27.8 Å². The number of rotatable bonds is 2. The number of aromatic nitrogens is 4. The second kappa shape index (κ2) is 8.72. The van der Waals surface area contributed by atoms with Crippen molar-refractivity contribution in [2.45, 2.75) is 0 Å². The van der Waals surface area contributed by atoms with E-state index >= 15 is 0 Å². The van der Waals surface area contributed by atoms with Crippen LogP contribution in [0.1, 0.15) is 0 Å². The SMILES string of the molecule is c1cnc2c(c1)ccc1ccc(-c3ccc(-c4ccc5oc6c7ccccc7c7nc8ccccc8n7c6c5c4)cc3)nc12. The van der Waals surface area contributed by atoms with Gasteiger partial charge < -0.3 is 4.42 Å². The molecule has 0 N–H and O–H groups in total. The molecule has 5 nitrogen and oxygen atoms in total. The van der Waals surface area contributed by atoms with Gasteiger partial charge in [-0.15, -0.1) is 0 Å². The predicted molar refractivity (Wildman–Crippen MR) is 179 cm³/mol. The van der Waals surface area contributed by atoms with E-state index in [2.05, 4.69) is 125 Å². The molecular formula is C39H22N4O. The van der Waals surface area contributed by atoms with Crippen LogP contribution >= 0.6 is 0 Å². The molecule has 0 fully saturated rings. The first-order valence-corrected chi connectivity index (χ1v) is 14.7. The number of hydrogen-bond acceptors (Lipinski definition) is 4. The molecule has 10 aromatic rings. The highest BCUT2D eigenvalue weighted by Crippen LogP contribution is 2.39. The maximum atomic E-state index is 6.56. The lowest BCUT2D eigenvalue weighted by Crippen LogP contribution is -1.90. The summed E-state index contributed by atoms with van der Waals surface area (Å²) in [5.41, 5.74) is 11.9. The Hall–Kier alpha value is -6.07. The molecular weight excluding hydrogens is 540 g/mol. The number of hydrogen-bond donors (Lipinski definition) is 0. The molecule has 10 rings (SSSR count). The third kappa shape index (κ3) is 3.26. The Bertz CT molecular complexity index is 2770. The Balaban J connectivity index is 1.14. The van der Waals surface area contributed by atoms with Crippen LogP contribution in [0.2, 0.25) is 0 Å². The van der Waals surface area contributed by atoms with Crippen LogP contribution in [-0.4, -0.2) is 19.4 Å². The Labute approximate surface area is 250 Å². The summed E-state index contributed by atoms with van der Waals surface area (Å²) in [7, 11) is 0. The molecule has 5 heteroatoms. The quantitative estimate of drug-likeness (QED) is 0.197. The lowest BCUT2D eigenvalue weighted by Gasteiger charge is -2.08. The first-order valence-electron chi connectivity index (χ1n) is 14.7. The Kier molecular flexibility index (Phi) is 4.66. The minimum atomic E-state index is 0.858. The van der Waals surface area contributed by atoms with Crippen LogP contribution in [0, 0.1) is 0 Å². The van der Waals surface area contributed by atoms with E-state index in [0.29, 0.717) is 0 Å². The van der Waals surface area contributed by atoms with Crippen LogP contribution in [0.4, 0.5) is 0 Å². The summed E-state index contributed by atoms with van der Waals surface area (Å²) in [6.07, 6.45) is 1.83. The van der Waals surface area contributed by atoms with Crippen molar-refractivity contribution in [1.82, 2.24) is 19.4 Å². The molecule has 0 aliphatic rings. The molecule has 5 aromatic heterocycles. The van der Waals surface area contributed by atoms with Gasteiger partial charge in [0.15, 0.2) is 5.58 Å². The van der Waals surface area contributed by atoms with E-state index < -0.39 is 0 Å². The van der Waals surface area contributed by atoms with Gasteiger partial charge in [0, 0.05) is 38.7 Å². The average molecular weight is 563 g/mol. The lowest BCUT2D eigenvalue weighted by atomic mass is 10.0. The largest absolute Gasteiger partial charge is 0.454 e.